The maximum absolute atomic E-state index is 6.49. The smallest absolute Gasteiger partial charge is 0.0685 e. The van der Waals surface area contributed by atoms with E-state index in [2.05, 4.69) is 58.1 Å². The lowest BCUT2D eigenvalue weighted by molar-refractivity contribution is 0.639. The van der Waals surface area contributed by atoms with Crippen molar-refractivity contribution >= 4 is 22.9 Å². The Balaban J connectivity index is 2.50. The van der Waals surface area contributed by atoms with Crippen molar-refractivity contribution in [3.05, 3.63) is 55.2 Å². The maximum Gasteiger partial charge on any atom is 0.0685 e. The van der Waals surface area contributed by atoms with Crippen LogP contribution in [0.25, 0.3) is 0 Å². The number of benzene rings is 1. The SMILES string of the molecule is CCNC(c1cc(C)c(C)s1)c1cc(C)c(C)cc1Cl. The molecule has 2 rings (SSSR count). The molecule has 1 N–H and O–H groups in total. The van der Waals surface area contributed by atoms with E-state index in [4.69, 9.17) is 11.6 Å². The largest absolute Gasteiger partial charge is 0.306 e. The summed E-state index contributed by atoms with van der Waals surface area (Å²) in [5, 5.41) is 4.42. The van der Waals surface area contributed by atoms with Gasteiger partial charge in [-0.1, -0.05) is 24.6 Å². The molecule has 0 amide bonds. The van der Waals surface area contributed by atoms with Crippen LogP contribution in [0.15, 0.2) is 18.2 Å². The summed E-state index contributed by atoms with van der Waals surface area (Å²) in [5.74, 6) is 0. The first-order valence-corrected chi connectivity index (χ1v) is 8.20. The fraction of sp³-hybridized carbons (Fsp3) is 0.412. The highest BCUT2D eigenvalue weighted by atomic mass is 35.5. The topological polar surface area (TPSA) is 12.0 Å². The monoisotopic (exact) mass is 307 g/mol. The van der Waals surface area contributed by atoms with Gasteiger partial charge in [-0.05, 0) is 68.6 Å². The lowest BCUT2D eigenvalue weighted by Crippen LogP contribution is -2.21. The van der Waals surface area contributed by atoms with Gasteiger partial charge in [-0.2, -0.15) is 0 Å². The Hall–Kier alpha value is -0.830. The summed E-state index contributed by atoms with van der Waals surface area (Å²) in [5.41, 5.74) is 5.07. The van der Waals surface area contributed by atoms with Gasteiger partial charge in [0.05, 0.1) is 6.04 Å². The van der Waals surface area contributed by atoms with E-state index in [9.17, 15) is 0 Å². The highest BCUT2D eigenvalue weighted by Crippen LogP contribution is 2.35. The zero-order valence-electron chi connectivity index (χ0n) is 12.8. The number of hydrogen-bond donors (Lipinski definition) is 1. The van der Waals surface area contributed by atoms with Crippen LogP contribution in [0, 0.1) is 27.7 Å². The van der Waals surface area contributed by atoms with Crippen molar-refractivity contribution in [2.24, 2.45) is 0 Å². The molecular weight excluding hydrogens is 286 g/mol. The Morgan fingerprint density at radius 1 is 1.05 bits per heavy atom. The first kappa shape index (κ1) is 15.6. The van der Waals surface area contributed by atoms with E-state index in [0.29, 0.717) is 0 Å². The minimum absolute atomic E-state index is 0.184. The second-order valence-electron chi connectivity index (χ2n) is 5.34. The van der Waals surface area contributed by atoms with Gasteiger partial charge in [0.2, 0.25) is 0 Å². The van der Waals surface area contributed by atoms with Gasteiger partial charge >= 0.3 is 0 Å². The molecule has 1 nitrogen and oxygen atoms in total. The molecule has 0 bridgehead atoms. The Morgan fingerprint density at radius 2 is 1.70 bits per heavy atom. The lowest BCUT2D eigenvalue weighted by atomic mass is 9.99. The number of thiophene rings is 1. The molecular formula is C17H22ClNS. The van der Waals surface area contributed by atoms with Gasteiger partial charge in [0.1, 0.15) is 0 Å². The average molecular weight is 308 g/mol. The molecule has 1 aromatic carbocycles. The summed E-state index contributed by atoms with van der Waals surface area (Å²) in [6.45, 7) is 11.6. The van der Waals surface area contributed by atoms with Crippen LogP contribution >= 0.6 is 22.9 Å². The molecule has 1 heterocycles. The third kappa shape index (κ3) is 3.08. The second kappa shape index (κ2) is 6.30. The van der Waals surface area contributed by atoms with E-state index < -0.39 is 0 Å². The van der Waals surface area contributed by atoms with Crippen LogP contribution in [0.2, 0.25) is 5.02 Å². The first-order chi connectivity index (χ1) is 9.43. The van der Waals surface area contributed by atoms with Gasteiger partial charge in [0.25, 0.3) is 0 Å². The fourth-order valence-corrected chi connectivity index (χ4v) is 3.80. The van der Waals surface area contributed by atoms with Crippen LogP contribution in [0.4, 0.5) is 0 Å². The van der Waals surface area contributed by atoms with E-state index in [1.54, 1.807) is 0 Å². The van der Waals surface area contributed by atoms with E-state index in [1.165, 1.54) is 32.0 Å². The minimum Gasteiger partial charge on any atom is -0.306 e. The molecule has 20 heavy (non-hydrogen) atoms. The van der Waals surface area contributed by atoms with Crippen molar-refractivity contribution in [1.29, 1.82) is 0 Å². The van der Waals surface area contributed by atoms with Gasteiger partial charge < -0.3 is 5.32 Å². The number of hydrogen-bond acceptors (Lipinski definition) is 2. The van der Waals surface area contributed by atoms with Gasteiger partial charge in [0, 0.05) is 14.8 Å². The lowest BCUT2D eigenvalue weighted by Gasteiger charge is -2.20. The predicted molar refractivity (Wildman–Crippen MR) is 90.2 cm³/mol. The average Bonchev–Trinajstić information content (AvgIpc) is 2.71. The Kier molecular flexibility index (Phi) is 4.90. The summed E-state index contributed by atoms with van der Waals surface area (Å²) >= 11 is 8.35. The molecule has 0 fully saturated rings. The molecule has 0 saturated carbocycles. The molecule has 0 aliphatic carbocycles. The van der Waals surface area contributed by atoms with Gasteiger partial charge in [-0.25, -0.2) is 0 Å². The van der Waals surface area contributed by atoms with Crippen LogP contribution in [-0.4, -0.2) is 6.54 Å². The normalized spacial score (nSPS) is 12.7. The summed E-state index contributed by atoms with van der Waals surface area (Å²) < 4.78 is 0. The standard InChI is InChI=1S/C17H22ClNS/c1-6-19-17(16-9-12(4)13(5)20-16)14-7-10(2)11(3)8-15(14)18/h7-9,17,19H,6H2,1-5H3. The number of halogens is 1. The highest BCUT2D eigenvalue weighted by Gasteiger charge is 2.19. The third-order valence-electron chi connectivity index (χ3n) is 3.80. The zero-order chi connectivity index (χ0) is 14.9. The molecule has 0 aliphatic rings. The Bertz CT molecular complexity index is 596. The molecule has 2 aromatic rings. The molecule has 0 spiro atoms. The predicted octanol–water partition coefficient (Wildman–Crippen LogP) is 5.33. The fourth-order valence-electron chi connectivity index (χ4n) is 2.34. The highest BCUT2D eigenvalue weighted by molar-refractivity contribution is 7.12. The quantitative estimate of drug-likeness (QED) is 0.804. The van der Waals surface area contributed by atoms with Crippen molar-refractivity contribution in [1.82, 2.24) is 5.32 Å². The zero-order valence-corrected chi connectivity index (χ0v) is 14.4. The summed E-state index contributed by atoms with van der Waals surface area (Å²) in [6, 6.07) is 6.75. The Morgan fingerprint density at radius 3 is 2.25 bits per heavy atom. The maximum atomic E-state index is 6.49. The van der Waals surface area contributed by atoms with Crippen molar-refractivity contribution in [3.63, 3.8) is 0 Å². The van der Waals surface area contributed by atoms with Gasteiger partial charge in [-0.15, -0.1) is 11.3 Å². The number of nitrogens with one attached hydrogen (secondary N) is 1. The minimum atomic E-state index is 0.184. The molecule has 0 aliphatic heterocycles. The van der Waals surface area contributed by atoms with E-state index in [-0.39, 0.29) is 6.04 Å². The van der Waals surface area contributed by atoms with Crippen molar-refractivity contribution in [3.8, 4) is 0 Å². The summed E-state index contributed by atoms with van der Waals surface area (Å²) in [6.07, 6.45) is 0. The van der Waals surface area contributed by atoms with Crippen molar-refractivity contribution in [2.75, 3.05) is 6.54 Å². The summed E-state index contributed by atoms with van der Waals surface area (Å²) in [7, 11) is 0. The van der Waals surface area contributed by atoms with Gasteiger partial charge in [-0.3, -0.25) is 0 Å². The third-order valence-corrected chi connectivity index (χ3v) is 5.35. The van der Waals surface area contributed by atoms with Crippen molar-refractivity contribution < 1.29 is 0 Å². The molecule has 1 unspecified atom stereocenters. The van der Waals surface area contributed by atoms with Crippen LogP contribution in [0.3, 0.4) is 0 Å². The van der Waals surface area contributed by atoms with E-state index in [0.717, 1.165) is 11.6 Å². The number of rotatable bonds is 4. The van der Waals surface area contributed by atoms with Crippen LogP contribution < -0.4 is 5.32 Å². The molecule has 3 heteroatoms. The first-order valence-electron chi connectivity index (χ1n) is 7.01. The second-order valence-corrected chi connectivity index (χ2v) is 7.03. The summed E-state index contributed by atoms with van der Waals surface area (Å²) in [4.78, 5) is 2.72. The Labute approximate surface area is 131 Å². The number of aryl methyl sites for hydroxylation is 4. The van der Waals surface area contributed by atoms with Gasteiger partial charge in [0.15, 0.2) is 0 Å². The van der Waals surface area contributed by atoms with E-state index in [1.807, 2.05) is 11.3 Å². The van der Waals surface area contributed by atoms with E-state index >= 15 is 0 Å². The molecule has 0 radical (unpaired) electrons. The van der Waals surface area contributed by atoms with Crippen molar-refractivity contribution in [2.45, 2.75) is 40.7 Å². The van der Waals surface area contributed by atoms with Crippen LogP contribution in [0.1, 0.15) is 45.0 Å². The molecule has 108 valence electrons. The van der Waals surface area contributed by atoms with Crippen LogP contribution in [0.5, 0.6) is 0 Å². The van der Waals surface area contributed by atoms with Crippen LogP contribution in [-0.2, 0) is 0 Å². The molecule has 1 atom stereocenters. The molecule has 1 aromatic heterocycles. The molecule has 0 saturated heterocycles.